The van der Waals surface area contributed by atoms with E-state index in [9.17, 15) is 4.79 Å². The van der Waals surface area contributed by atoms with Crippen molar-refractivity contribution >= 4 is 17.1 Å². The molecule has 0 aliphatic rings. The van der Waals surface area contributed by atoms with Gasteiger partial charge in [0.15, 0.2) is 5.78 Å². The Bertz CT molecular complexity index is 487. The quantitative estimate of drug-likeness (QED) is 0.590. The smallest absolute Gasteiger partial charge is 0.160 e. The fourth-order valence-electron chi connectivity index (χ4n) is 1.66. The second-order valence-electron chi connectivity index (χ2n) is 3.76. The standard InChI is InChI=1S/C14H17NO2/c1-6-12(10(3)16)13-7-9(2)15-8-14(13)11(4)17-5/h6-8H,4H2,1-3,5H3/b12-6-. The van der Waals surface area contributed by atoms with Crippen molar-refractivity contribution in [2.45, 2.75) is 20.8 Å². The largest absolute Gasteiger partial charge is 0.497 e. The molecule has 90 valence electrons. The predicted octanol–water partition coefficient (Wildman–Crippen LogP) is 3.00. The van der Waals surface area contributed by atoms with Gasteiger partial charge >= 0.3 is 0 Å². The molecule has 0 radical (unpaired) electrons. The van der Waals surface area contributed by atoms with Crippen LogP contribution in [-0.2, 0) is 9.53 Å². The zero-order valence-electron chi connectivity index (χ0n) is 10.7. The van der Waals surface area contributed by atoms with Gasteiger partial charge < -0.3 is 4.74 Å². The fourth-order valence-corrected chi connectivity index (χ4v) is 1.66. The molecular weight excluding hydrogens is 214 g/mol. The van der Waals surface area contributed by atoms with Crippen LogP contribution < -0.4 is 0 Å². The summed E-state index contributed by atoms with van der Waals surface area (Å²) >= 11 is 0. The molecule has 1 rings (SSSR count). The average molecular weight is 231 g/mol. The van der Waals surface area contributed by atoms with Crippen LogP contribution in [0.4, 0.5) is 0 Å². The van der Waals surface area contributed by atoms with E-state index in [2.05, 4.69) is 11.6 Å². The number of aromatic nitrogens is 1. The molecule has 3 nitrogen and oxygen atoms in total. The van der Waals surface area contributed by atoms with E-state index >= 15 is 0 Å². The van der Waals surface area contributed by atoms with E-state index in [0.29, 0.717) is 11.3 Å². The van der Waals surface area contributed by atoms with Crippen molar-refractivity contribution in [2.24, 2.45) is 0 Å². The first-order valence-electron chi connectivity index (χ1n) is 5.38. The number of ketones is 1. The lowest BCUT2D eigenvalue weighted by molar-refractivity contribution is -0.111. The molecule has 0 fully saturated rings. The summed E-state index contributed by atoms with van der Waals surface area (Å²) in [6, 6.07) is 1.87. The Morgan fingerprint density at radius 2 is 2.12 bits per heavy atom. The predicted molar refractivity (Wildman–Crippen MR) is 69.3 cm³/mol. The van der Waals surface area contributed by atoms with Gasteiger partial charge in [-0.3, -0.25) is 9.78 Å². The highest BCUT2D eigenvalue weighted by molar-refractivity contribution is 6.20. The molecule has 1 aromatic rings. The number of allylic oxidation sites excluding steroid dienone is 2. The Morgan fingerprint density at radius 1 is 1.47 bits per heavy atom. The van der Waals surface area contributed by atoms with Crippen LogP contribution in [0.1, 0.15) is 30.7 Å². The number of hydrogen-bond acceptors (Lipinski definition) is 3. The zero-order valence-corrected chi connectivity index (χ0v) is 10.7. The van der Waals surface area contributed by atoms with E-state index in [1.54, 1.807) is 26.3 Å². The number of rotatable bonds is 4. The third-order valence-corrected chi connectivity index (χ3v) is 2.55. The molecule has 0 atom stereocenters. The van der Waals surface area contributed by atoms with Gasteiger partial charge in [0.1, 0.15) is 5.76 Å². The third-order valence-electron chi connectivity index (χ3n) is 2.55. The summed E-state index contributed by atoms with van der Waals surface area (Å²) in [5, 5.41) is 0. The Morgan fingerprint density at radius 3 is 2.59 bits per heavy atom. The molecule has 0 spiro atoms. The fraction of sp³-hybridized carbons (Fsp3) is 0.286. The van der Waals surface area contributed by atoms with Crippen molar-refractivity contribution in [3.63, 3.8) is 0 Å². The van der Waals surface area contributed by atoms with Gasteiger partial charge in [0, 0.05) is 23.0 Å². The summed E-state index contributed by atoms with van der Waals surface area (Å²) in [7, 11) is 1.55. The highest BCUT2D eigenvalue weighted by Crippen LogP contribution is 2.25. The third kappa shape index (κ3) is 2.81. The number of ether oxygens (including phenoxy) is 1. The summed E-state index contributed by atoms with van der Waals surface area (Å²) in [6.07, 6.45) is 3.48. The lowest BCUT2D eigenvalue weighted by atomic mass is 9.97. The lowest BCUT2D eigenvalue weighted by Crippen LogP contribution is -2.02. The molecule has 0 aliphatic carbocycles. The monoisotopic (exact) mass is 231 g/mol. The Kier molecular flexibility index (Phi) is 4.21. The number of Topliss-reactive ketones (excluding diaryl/α,β-unsaturated/α-hetero) is 1. The van der Waals surface area contributed by atoms with E-state index in [1.165, 1.54) is 0 Å². The number of pyridine rings is 1. The van der Waals surface area contributed by atoms with Crippen LogP contribution in [0.25, 0.3) is 11.3 Å². The molecule has 1 aromatic heterocycles. The topological polar surface area (TPSA) is 39.2 Å². The second kappa shape index (κ2) is 5.43. The van der Waals surface area contributed by atoms with Crippen molar-refractivity contribution in [3.8, 4) is 0 Å². The van der Waals surface area contributed by atoms with E-state index in [0.717, 1.165) is 16.8 Å². The molecule has 1 heterocycles. The van der Waals surface area contributed by atoms with E-state index in [1.807, 2.05) is 19.9 Å². The van der Waals surface area contributed by atoms with Gasteiger partial charge in [-0.1, -0.05) is 12.7 Å². The Hall–Kier alpha value is -1.90. The van der Waals surface area contributed by atoms with Gasteiger partial charge in [-0.25, -0.2) is 0 Å². The van der Waals surface area contributed by atoms with Crippen molar-refractivity contribution < 1.29 is 9.53 Å². The van der Waals surface area contributed by atoms with Crippen LogP contribution in [0.15, 0.2) is 24.9 Å². The van der Waals surface area contributed by atoms with Crippen LogP contribution in [0, 0.1) is 6.92 Å². The summed E-state index contributed by atoms with van der Waals surface area (Å²) in [6.45, 7) is 9.08. The highest BCUT2D eigenvalue weighted by atomic mass is 16.5. The highest BCUT2D eigenvalue weighted by Gasteiger charge is 2.14. The number of methoxy groups -OCH3 is 1. The van der Waals surface area contributed by atoms with Gasteiger partial charge in [-0.2, -0.15) is 0 Å². The molecule has 0 aromatic carbocycles. The van der Waals surface area contributed by atoms with Crippen LogP contribution in [0.2, 0.25) is 0 Å². The molecule has 0 bridgehead atoms. The summed E-state index contributed by atoms with van der Waals surface area (Å²) < 4.78 is 5.12. The number of carbonyl (C=O) groups is 1. The minimum Gasteiger partial charge on any atom is -0.497 e. The summed E-state index contributed by atoms with van der Waals surface area (Å²) in [5.41, 5.74) is 3.08. The Balaban J connectivity index is 3.44. The van der Waals surface area contributed by atoms with Gasteiger partial charge in [0.25, 0.3) is 0 Å². The first-order chi connectivity index (χ1) is 8.01. The first-order valence-corrected chi connectivity index (χ1v) is 5.38. The lowest BCUT2D eigenvalue weighted by Gasteiger charge is -2.12. The van der Waals surface area contributed by atoms with E-state index in [-0.39, 0.29) is 5.78 Å². The molecule has 3 heteroatoms. The molecule has 17 heavy (non-hydrogen) atoms. The van der Waals surface area contributed by atoms with Gasteiger partial charge in [-0.05, 0) is 32.4 Å². The van der Waals surface area contributed by atoms with Crippen LogP contribution in [0.3, 0.4) is 0 Å². The summed E-state index contributed by atoms with van der Waals surface area (Å²) in [4.78, 5) is 15.8. The number of carbonyl (C=O) groups excluding carboxylic acids is 1. The molecule has 0 aliphatic heterocycles. The van der Waals surface area contributed by atoms with Gasteiger partial charge in [-0.15, -0.1) is 0 Å². The van der Waals surface area contributed by atoms with Crippen LogP contribution >= 0.6 is 0 Å². The maximum Gasteiger partial charge on any atom is 0.160 e. The van der Waals surface area contributed by atoms with Crippen molar-refractivity contribution in [3.05, 3.63) is 41.7 Å². The first kappa shape index (κ1) is 13.2. The molecule has 0 amide bonds. The maximum absolute atomic E-state index is 11.6. The summed E-state index contributed by atoms with van der Waals surface area (Å²) in [5.74, 6) is 0.524. The SMILES string of the molecule is C=C(OC)c1cnc(C)cc1/C(=C\C)C(C)=O. The average Bonchev–Trinajstić information content (AvgIpc) is 2.29. The minimum atomic E-state index is 0.0169. The van der Waals surface area contributed by atoms with Crippen molar-refractivity contribution in [2.75, 3.05) is 7.11 Å². The zero-order chi connectivity index (χ0) is 13.0. The van der Waals surface area contributed by atoms with Crippen LogP contribution in [0.5, 0.6) is 0 Å². The number of aryl methyl sites for hydroxylation is 1. The minimum absolute atomic E-state index is 0.0169. The van der Waals surface area contributed by atoms with Crippen molar-refractivity contribution in [1.82, 2.24) is 4.98 Å². The van der Waals surface area contributed by atoms with Gasteiger partial charge in [0.2, 0.25) is 0 Å². The van der Waals surface area contributed by atoms with Crippen molar-refractivity contribution in [1.29, 1.82) is 0 Å². The molecule has 0 N–H and O–H groups in total. The van der Waals surface area contributed by atoms with Crippen LogP contribution in [-0.4, -0.2) is 17.9 Å². The number of hydrogen-bond donors (Lipinski definition) is 0. The van der Waals surface area contributed by atoms with Gasteiger partial charge in [0.05, 0.1) is 7.11 Å². The normalized spacial score (nSPS) is 11.2. The molecular formula is C14H17NO2. The number of nitrogens with zero attached hydrogens (tertiary/aromatic N) is 1. The molecule has 0 saturated heterocycles. The van der Waals surface area contributed by atoms with E-state index < -0.39 is 0 Å². The molecule has 0 saturated carbocycles. The Labute approximate surface area is 102 Å². The second-order valence-corrected chi connectivity index (χ2v) is 3.76. The van der Waals surface area contributed by atoms with E-state index in [4.69, 9.17) is 4.74 Å². The maximum atomic E-state index is 11.6. The molecule has 0 unspecified atom stereocenters.